The Morgan fingerprint density at radius 3 is 1.56 bits per heavy atom. The molecule has 0 aromatic carbocycles. The molecule has 0 aliphatic carbocycles. The van der Waals surface area contributed by atoms with Gasteiger partial charge in [0.05, 0.1) is 26.4 Å². The van der Waals surface area contributed by atoms with Crippen molar-refractivity contribution in [2.24, 2.45) is 5.73 Å². The van der Waals surface area contributed by atoms with E-state index in [4.69, 9.17) is 34.2 Å². The second-order valence-corrected chi connectivity index (χ2v) is 10.4. The average molecular weight is 630 g/mol. The first-order valence-corrected chi connectivity index (χ1v) is 13.7. The van der Waals surface area contributed by atoms with Crippen molar-refractivity contribution in [3.63, 3.8) is 0 Å². The van der Waals surface area contributed by atoms with E-state index in [1.54, 1.807) is 0 Å². The van der Waals surface area contributed by atoms with Crippen LogP contribution in [0.2, 0.25) is 0 Å². The van der Waals surface area contributed by atoms with E-state index < -0.39 is 124 Å². The van der Waals surface area contributed by atoms with Gasteiger partial charge in [-0.1, -0.05) is 0 Å². The fourth-order valence-corrected chi connectivity index (χ4v) is 5.18. The maximum atomic E-state index is 12.1. The third-order valence-corrected chi connectivity index (χ3v) is 7.28. The van der Waals surface area contributed by atoms with Crippen LogP contribution in [0.1, 0.15) is 13.8 Å². The van der Waals surface area contributed by atoms with E-state index in [9.17, 15) is 50.4 Å². The van der Waals surface area contributed by atoms with Gasteiger partial charge in [-0.05, 0) is 0 Å². The maximum Gasteiger partial charge on any atom is 0.217 e. The van der Waals surface area contributed by atoms with Gasteiger partial charge in [-0.25, -0.2) is 0 Å². The number of aliphatic hydroxyl groups is 8. The molecule has 3 aliphatic heterocycles. The summed E-state index contributed by atoms with van der Waals surface area (Å²) in [7, 11) is 0. The summed E-state index contributed by atoms with van der Waals surface area (Å²) in [6.07, 6.45) is -20.3. The quantitative estimate of drug-likeness (QED) is 0.0955. The number of aliphatic hydroxyl groups excluding tert-OH is 8. The highest BCUT2D eigenvalue weighted by atomic mass is 16.8. The third kappa shape index (κ3) is 8.34. The number of carbonyl (C=O) groups is 2. The first-order chi connectivity index (χ1) is 20.4. The van der Waals surface area contributed by atoms with Gasteiger partial charge in [0.2, 0.25) is 11.8 Å². The Balaban J connectivity index is 1.86. The Kier molecular flexibility index (Phi) is 13.4. The first-order valence-electron chi connectivity index (χ1n) is 13.7. The second-order valence-electron chi connectivity index (χ2n) is 10.4. The topological polar surface area (TPSA) is 301 Å². The van der Waals surface area contributed by atoms with Crippen LogP contribution < -0.4 is 16.4 Å². The van der Waals surface area contributed by atoms with Gasteiger partial charge in [-0.2, -0.15) is 0 Å². The Morgan fingerprint density at radius 1 is 0.651 bits per heavy atom. The van der Waals surface area contributed by atoms with Crippen LogP contribution in [-0.4, -0.2) is 178 Å². The number of amides is 2. The first kappa shape index (κ1) is 35.8. The zero-order chi connectivity index (χ0) is 32.0. The zero-order valence-corrected chi connectivity index (χ0v) is 23.6. The Bertz CT molecular complexity index is 903. The van der Waals surface area contributed by atoms with Crippen molar-refractivity contribution in [2.45, 2.75) is 106 Å². The van der Waals surface area contributed by atoms with E-state index in [0.717, 1.165) is 6.92 Å². The largest absolute Gasteiger partial charge is 0.394 e. The number of nitrogens with one attached hydrogen (secondary N) is 2. The van der Waals surface area contributed by atoms with Crippen LogP contribution in [-0.2, 0) is 38.0 Å². The van der Waals surface area contributed by atoms with Gasteiger partial charge >= 0.3 is 0 Å². The Labute approximate surface area is 246 Å². The molecule has 19 nitrogen and oxygen atoms in total. The lowest BCUT2D eigenvalue weighted by Gasteiger charge is -2.49. The summed E-state index contributed by atoms with van der Waals surface area (Å²) in [6.45, 7) is 0.122. The van der Waals surface area contributed by atoms with E-state index in [1.807, 2.05) is 0 Å². The molecular weight excluding hydrogens is 586 g/mol. The molecule has 3 aliphatic rings. The van der Waals surface area contributed by atoms with Gasteiger partial charge in [0.15, 0.2) is 18.9 Å². The van der Waals surface area contributed by atoms with Crippen LogP contribution in [0.4, 0.5) is 0 Å². The summed E-state index contributed by atoms with van der Waals surface area (Å²) < 4.78 is 33.9. The predicted molar refractivity (Wildman–Crippen MR) is 137 cm³/mol. The number of hydrogen-bond acceptors (Lipinski definition) is 17. The monoisotopic (exact) mass is 629 g/mol. The molecule has 19 heteroatoms. The molecule has 6 unspecified atom stereocenters. The molecule has 3 heterocycles. The second kappa shape index (κ2) is 16.1. The molecule has 3 rings (SSSR count). The molecule has 0 saturated carbocycles. The molecule has 12 N–H and O–H groups in total. The van der Waals surface area contributed by atoms with E-state index in [1.165, 1.54) is 6.92 Å². The molecule has 15 atom stereocenters. The maximum absolute atomic E-state index is 12.1. The van der Waals surface area contributed by atoms with Crippen LogP contribution in [0.25, 0.3) is 0 Å². The molecule has 3 saturated heterocycles. The molecule has 250 valence electrons. The minimum atomic E-state index is -1.85. The molecule has 3 fully saturated rings. The van der Waals surface area contributed by atoms with Crippen LogP contribution in [0.15, 0.2) is 0 Å². The Hall–Kier alpha value is -1.66. The number of carbonyl (C=O) groups excluding carboxylic acids is 2. The van der Waals surface area contributed by atoms with Crippen molar-refractivity contribution in [2.75, 3.05) is 33.0 Å². The van der Waals surface area contributed by atoms with Crippen LogP contribution >= 0.6 is 0 Å². The summed E-state index contributed by atoms with van der Waals surface area (Å²) >= 11 is 0. The SMILES string of the molecule is CC(=O)NC1[C@H](OCCN)OC(CO)[C@@H](O[C@@H]2OC(CO)[C@@H](O[C@@H]3OC(CO)[C@@H](O)[C@H](O)C3O)[C@@H](O)C2NC(C)=O)[C@@H]1O. The van der Waals surface area contributed by atoms with E-state index in [0.29, 0.717) is 0 Å². The van der Waals surface area contributed by atoms with Crippen LogP contribution in [0, 0.1) is 0 Å². The summed E-state index contributed by atoms with van der Waals surface area (Å²) in [5.74, 6) is -1.22. The van der Waals surface area contributed by atoms with Gasteiger partial charge < -0.3 is 85.6 Å². The molecular formula is C24H43N3O16. The van der Waals surface area contributed by atoms with Gasteiger partial charge in [0.25, 0.3) is 0 Å². The zero-order valence-electron chi connectivity index (χ0n) is 23.6. The molecule has 0 spiro atoms. The summed E-state index contributed by atoms with van der Waals surface area (Å²) in [5.41, 5.74) is 5.48. The number of rotatable bonds is 12. The van der Waals surface area contributed by atoms with Crippen molar-refractivity contribution in [3.8, 4) is 0 Å². The third-order valence-electron chi connectivity index (χ3n) is 7.28. The fourth-order valence-electron chi connectivity index (χ4n) is 5.18. The number of hydrogen-bond donors (Lipinski definition) is 11. The standard InChI is InChI=1S/C24H43N3O16/c1-8(31)26-13-16(34)20(11(6-29)40-22(13)38-4-3-25)42-23-14(27-9(2)32)17(35)21(12(7-30)41-23)43-24-19(37)18(36)15(33)10(5-28)39-24/h10-24,28-30,33-37H,3-7,25H2,1-2H3,(H,26,31)(H,27,32)/t10?,11?,12?,13?,14?,15-,16-,17+,18+,19?,20-,21-,22-,23+,24+/m1/s1. The molecule has 43 heavy (non-hydrogen) atoms. The van der Waals surface area contributed by atoms with Crippen molar-refractivity contribution in [1.82, 2.24) is 10.6 Å². The highest BCUT2D eigenvalue weighted by Gasteiger charge is 2.54. The highest BCUT2D eigenvalue weighted by Crippen LogP contribution is 2.32. The van der Waals surface area contributed by atoms with Crippen molar-refractivity contribution < 1.29 is 78.9 Å². The van der Waals surface area contributed by atoms with Gasteiger partial charge in [-0.15, -0.1) is 0 Å². The molecule has 0 radical (unpaired) electrons. The number of ether oxygens (including phenoxy) is 6. The van der Waals surface area contributed by atoms with E-state index in [-0.39, 0.29) is 13.2 Å². The lowest BCUT2D eigenvalue weighted by atomic mass is 9.94. The van der Waals surface area contributed by atoms with E-state index in [2.05, 4.69) is 10.6 Å². The lowest BCUT2D eigenvalue weighted by molar-refractivity contribution is -0.361. The van der Waals surface area contributed by atoms with Crippen molar-refractivity contribution in [3.05, 3.63) is 0 Å². The van der Waals surface area contributed by atoms with Gasteiger partial charge in [-0.3, -0.25) is 9.59 Å². The summed E-state index contributed by atoms with van der Waals surface area (Å²) in [4.78, 5) is 23.9. The minimum absolute atomic E-state index is 0.00626. The van der Waals surface area contributed by atoms with Crippen LogP contribution in [0.3, 0.4) is 0 Å². The summed E-state index contributed by atoms with van der Waals surface area (Å²) in [5, 5.41) is 87.5. The smallest absolute Gasteiger partial charge is 0.217 e. The van der Waals surface area contributed by atoms with Gasteiger partial charge in [0, 0.05) is 20.4 Å². The molecule has 0 aromatic heterocycles. The van der Waals surface area contributed by atoms with Crippen molar-refractivity contribution in [1.29, 1.82) is 0 Å². The highest BCUT2D eigenvalue weighted by molar-refractivity contribution is 5.73. The molecule has 0 bridgehead atoms. The molecule has 2 amide bonds. The Morgan fingerprint density at radius 2 is 1.09 bits per heavy atom. The van der Waals surface area contributed by atoms with Gasteiger partial charge in [0.1, 0.15) is 73.1 Å². The van der Waals surface area contributed by atoms with E-state index >= 15 is 0 Å². The fraction of sp³-hybridized carbons (Fsp3) is 0.917. The summed E-state index contributed by atoms with van der Waals surface area (Å²) in [6, 6.07) is -2.67. The lowest BCUT2D eigenvalue weighted by Crippen LogP contribution is -2.70. The van der Waals surface area contributed by atoms with Crippen molar-refractivity contribution >= 4 is 11.8 Å². The predicted octanol–water partition coefficient (Wildman–Crippen LogP) is -7.30. The normalized spacial score (nSPS) is 43.7. The number of nitrogens with two attached hydrogens (primary N) is 1. The minimum Gasteiger partial charge on any atom is -0.394 e. The van der Waals surface area contributed by atoms with Crippen LogP contribution in [0.5, 0.6) is 0 Å². The average Bonchev–Trinajstić information content (AvgIpc) is 2.97. The molecule has 0 aromatic rings.